The van der Waals surface area contributed by atoms with Crippen LogP contribution in [0.2, 0.25) is 18.1 Å². The third-order valence-electron chi connectivity index (χ3n) is 6.87. The van der Waals surface area contributed by atoms with Crippen molar-refractivity contribution in [2.75, 3.05) is 6.61 Å². The van der Waals surface area contributed by atoms with Gasteiger partial charge in [0.15, 0.2) is 8.32 Å². The van der Waals surface area contributed by atoms with E-state index in [1.165, 1.54) is 17.8 Å². The normalized spacial score (nSPS) is 24.3. The molecule has 0 spiro atoms. The van der Waals surface area contributed by atoms with E-state index in [9.17, 15) is 9.59 Å². The average Bonchev–Trinajstić information content (AvgIpc) is 3.48. The van der Waals surface area contributed by atoms with Crippen molar-refractivity contribution in [1.82, 2.24) is 4.90 Å². The van der Waals surface area contributed by atoms with Crippen LogP contribution in [0, 0.1) is 37.5 Å². The number of rotatable bonds is 8. The van der Waals surface area contributed by atoms with Crippen LogP contribution in [-0.4, -0.2) is 43.2 Å². The van der Waals surface area contributed by atoms with Gasteiger partial charge in [0.1, 0.15) is 29.2 Å². The van der Waals surface area contributed by atoms with Gasteiger partial charge in [-0.25, -0.2) is 4.79 Å². The van der Waals surface area contributed by atoms with E-state index in [4.69, 9.17) is 13.6 Å². The maximum Gasteiger partial charge on any atom is 0.356 e. The highest BCUT2D eigenvalue weighted by atomic mass is 32.2. The summed E-state index contributed by atoms with van der Waals surface area (Å²) in [6.45, 7) is 16.6. The van der Waals surface area contributed by atoms with Gasteiger partial charge in [-0.15, -0.1) is 0 Å². The largest absolute Gasteiger partial charge is 0.460 e. The van der Waals surface area contributed by atoms with Gasteiger partial charge in [0, 0.05) is 5.92 Å². The molecule has 3 atom stereocenters. The van der Waals surface area contributed by atoms with Crippen LogP contribution in [-0.2, 0) is 18.8 Å². The molecule has 1 amide bonds. The van der Waals surface area contributed by atoms with Crippen LogP contribution in [0.25, 0.3) is 4.91 Å². The third-order valence-corrected chi connectivity index (χ3v) is 12.8. The van der Waals surface area contributed by atoms with Crippen molar-refractivity contribution in [3.05, 3.63) is 73.6 Å². The van der Waals surface area contributed by atoms with Crippen LogP contribution >= 0.6 is 11.8 Å². The molecule has 1 aromatic rings. The Morgan fingerprint density at radius 3 is 2.53 bits per heavy atom. The molecule has 0 N–H and O–H groups in total. The number of carbonyl (C=O) groups is 2. The molecule has 5 radical (unpaired) electrons. The number of furan rings is 1. The van der Waals surface area contributed by atoms with Crippen molar-refractivity contribution in [3.8, 4) is 0 Å². The van der Waals surface area contributed by atoms with Crippen molar-refractivity contribution in [2.24, 2.45) is 5.92 Å². The van der Waals surface area contributed by atoms with Crippen molar-refractivity contribution in [2.45, 2.75) is 57.3 Å². The minimum atomic E-state index is -2.07. The number of nitrogens with zero attached hydrogens (tertiary/aromatic N) is 1. The van der Waals surface area contributed by atoms with Crippen molar-refractivity contribution in [3.63, 3.8) is 0 Å². The number of β-lactam (4-membered cyclic amide) rings is 1. The van der Waals surface area contributed by atoms with Gasteiger partial charge in [0.2, 0.25) is 5.91 Å². The van der Waals surface area contributed by atoms with Gasteiger partial charge in [0.25, 0.3) is 0 Å². The SMILES string of the molecule is C=CCOC(=O)C1=C(c2ccc([C]3[CH][CH][CH][CH]3)o2)S[C@@H]2[C@@H]([C@@H](C)O[Si](C)(C)C(C)(C)C)C(=O)N12. The summed E-state index contributed by atoms with van der Waals surface area (Å²) in [5.74, 6) is 1.19. The Labute approximate surface area is 208 Å². The van der Waals surface area contributed by atoms with E-state index in [2.05, 4.69) is 40.4 Å². The lowest BCUT2D eigenvalue weighted by Crippen LogP contribution is -2.62. The quantitative estimate of drug-likeness (QED) is 0.208. The number of esters is 1. The zero-order valence-corrected chi connectivity index (χ0v) is 22.4. The fourth-order valence-electron chi connectivity index (χ4n) is 4.01. The first-order valence-electron chi connectivity index (χ1n) is 11.5. The second kappa shape index (κ2) is 9.35. The van der Waals surface area contributed by atoms with Crippen LogP contribution in [0.1, 0.15) is 39.2 Å². The molecule has 1 saturated heterocycles. The standard InChI is InChI=1S/C26H32NO5SSi/c1-8-15-30-25(29)21-22(19-14-13-18(31-19)17-11-9-10-12-17)33-24-20(23(28)27(21)24)16(2)32-34(6,7)26(3,4)5/h8-14,16,20,24H,1,15H2,2-7H3/t16-,20+,24-/m1/s1. The van der Waals surface area contributed by atoms with Gasteiger partial charge in [0.05, 0.1) is 16.9 Å². The van der Waals surface area contributed by atoms with Gasteiger partial charge in [-0.1, -0.05) is 45.2 Å². The Bertz CT molecular complexity index is 1000. The van der Waals surface area contributed by atoms with Crippen molar-refractivity contribution < 1.29 is 23.2 Å². The number of amides is 1. The van der Waals surface area contributed by atoms with Gasteiger partial charge < -0.3 is 13.6 Å². The Hall–Kier alpha value is -1.77. The zero-order valence-electron chi connectivity index (χ0n) is 20.6. The first-order valence-corrected chi connectivity index (χ1v) is 15.3. The number of hydrogen-bond acceptors (Lipinski definition) is 6. The highest BCUT2D eigenvalue weighted by Gasteiger charge is 2.59. The molecule has 34 heavy (non-hydrogen) atoms. The van der Waals surface area contributed by atoms with Crippen LogP contribution in [0.15, 0.2) is 34.9 Å². The van der Waals surface area contributed by atoms with E-state index >= 15 is 0 Å². The summed E-state index contributed by atoms with van der Waals surface area (Å²) in [5, 5.41) is -0.202. The molecular weight excluding hydrogens is 466 g/mol. The third kappa shape index (κ3) is 4.44. The predicted molar refractivity (Wildman–Crippen MR) is 136 cm³/mol. The van der Waals surface area contributed by atoms with Crippen molar-refractivity contribution in [1.29, 1.82) is 0 Å². The molecule has 1 aliphatic carbocycles. The zero-order chi connectivity index (χ0) is 24.8. The smallest absolute Gasteiger partial charge is 0.356 e. The minimum Gasteiger partial charge on any atom is -0.460 e. The van der Waals surface area contributed by atoms with Crippen molar-refractivity contribution >= 4 is 36.9 Å². The van der Waals surface area contributed by atoms with E-state index in [0.717, 1.165) is 5.92 Å². The van der Waals surface area contributed by atoms with Crippen LogP contribution in [0.3, 0.4) is 0 Å². The maximum absolute atomic E-state index is 13.3. The minimum absolute atomic E-state index is 0.0327. The summed E-state index contributed by atoms with van der Waals surface area (Å²) in [7, 11) is -2.07. The summed E-state index contributed by atoms with van der Waals surface area (Å²) in [6, 6.07) is 3.72. The summed E-state index contributed by atoms with van der Waals surface area (Å²) >= 11 is 1.47. The highest BCUT2D eigenvalue weighted by molar-refractivity contribution is 8.09. The lowest BCUT2D eigenvalue weighted by molar-refractivity contribution is -0.157. The highest BCUT2D eigenvalue weighted by Crippen LogP contribution is 2.55. The molecule has 4 rings (SSSR count). The van der Waals surface area contributed by atoms with E-state index in [-0.39, 0.29) is 40.6 Å². The Balaban J connectivity index is 1.60. The second-order valence-corrected chi connectivity index (χ2v) is 16.1. The predicted octanol–water partition coefficient (Wildman–Crippen LogP) is 5.37. The maximum atomic E-state index is 13.3. The summed E-state index contributed by atoms with van der Waals surface area (Å²) < 4.78 is 18.0. The summed E-state index contributed by atoms with van der Waals surface area (Å²) in [6.07, 6.45) is 9.06. The van der Waals surface area contributed by atoms with Gasteiger partial charge in [-0.3, -0.25) is 9.69 Å². The number of ether oxygens (including phenoxy) is 1. The first-order chi connectivity index (χ1) is 16.0. The molecule has 0 bridgehead atoms. The molecule has 1 aromatic heterocycles. The monoisotopic (exact) mass is 498 g/mol. The van der Waals surface area contributed by atoms with Crippen LogP contribution in [0.5, 0.6) is 0 Å². The Morgan fingerprint density at radius 2 is 1.91 bits per heavy atom. The molecule has 1 saturated carbocycles. The molecule has 3 aliphatic rings. The van der Waals surface area contributed by atoms with Crippen LogP contribution in [0.4, 0.5) is 0 Å². The van der Waals surface area contributed by atoms with Crippen LogP contribution < -0.4 is 0 Å². The molecule has 8 heteroatoms. The molecule has 2 aliphatic heterocycles. The molecule has 0 aromatic carbocycles. The second-order valence-electron chi connectivity index (χ2n) is 10.2. The fraction of sp³-hybridized carbons (Fsp3) is 0.423. The van der Waals surface area contributed by atoms with E-state index < -0.39 is 14.3 Å². The Kier molecular flexibility index (Phi) is 6.97. The average molecular weight is 499 g/mol. The lowest BCUT2D eigenvalue weighted by Gasteiger charge is -2.48. The topological polar surface area (TPSA) is 69.0 Å². The van der Waals surface area contributed by atoms with E-state index in [0.29, 0.717) is 16.4 Å². The molecule has 6 nitrogen and oxygen atoms in total. The molecule has 0 unspecified atom stereocenters. The Morgan fingerprint density at radius 1 is 1.26 bits per heavy atom. The summed E-state index contributed by atoms with van der Waals surface area (Å²) in [5.41, 5.74) is 0.237. The fourth-order valence-corrected chi connectivity index (χ4v) is 6.99. The number of fused-ring (bicyclic) bond motifs is 1. The van der Waals surface area contributed by atoms with Gasteiger partial charge in [-0.2, -0.15) is 0 Å². The molecular formula is C26H32NO5SSi. The molecule has 2 fully saturated rings. The van der Waals surface area contributed by atoms with Gasteiger partial charge >= 0.3 is 5.97 Å². The van der Waals surface area contributed by atoms with E-state index in [1.54, 1.807) is 4.90 Å². The molecule has 181 valence electrons. The van der Waals surface area contributed by atoms with Gasteiger partial charge in [-0.05, 0) is 62.9 Å². The molecule has 3 heterocycles. The lowest BCUT2D eigenvalue weighted by atomic mass is 9.92. The number of carbonyl (C=O) groups excluding carboxylic acids is 2. The summed E-state index contributed by atoms with van der Waals surface area (Å²) in [4.78, 5) is 28.5. The number of hydrogen-bond donors (Lipinski definition) is 0. The van der Waals surface area contributed by atoms with E-state index in [1.807, 2.05) is 44.7 Å². The first kappa shape index (κ1) is 25.3. The number of thioether (sulfide) groups is 1.